The van der Waals surface area contributed by atoms with Crippen LogP contribution in [-0.2, 0) is 18.3 Å². The van der Waals surface area contributed by atoms with Gasteiger partial charge in [0, 0.05) is 19.2 Å². The van der Waals surface area contributed by atoms with Crippen LogP contribution in [0.5, 0.6) is 0 Å². The summed E-state index contributed by atoms with van der Waals surface area (Å²) in [5, 5.41) is 12.0. The maximum Gasteiger partial charge on any atom is 0.234 e. The van der Waals surface area contributed by atoms with Crippen LogP contribution in [0.15, 0.2) is 29.4 Å². The Morgan fingerprint density at radius 1 is 1.24 bits per heavy atom. The predicted molar refractivity (Wildman–Crippen MR) is 97.0 cm³/mol. The first kappa shape index (κ1) is 17.9. The van der Waals surface area contributed by atoms with E-state index in [1.807, 2.05) is 11.6 Å². The van der Waals surface area contributed by atoms with Crippen LogP contribution in [0.3, 0.4) is 0 Å². The van der Waals surface area contributed by atoms with Crippen LogP contribution >= 0.6 is 11.8 Å². The Kier molecular flexibility index (Phi) is 6.07. The van der Waals surface area contributed by atoms with E-state index in [1.165, 1.54) is 56.0 Å². The van der Waals surface area contributed by atoms with Crippen molar-refractivity contribution < 1.29 is 9.18 Å². The summed E-state index contributed by atoms with van der Waals surface area (Å²) in [6.45, 7) is 0. The van der Waals surface area contributed by atoms with Gasteiger partial charge in [0.25, 0.3) is 0 Å². The largest absolute Gasteiger partial charge is 0.325 e. The van der Waals surface area contributed by atoms with Crippen molar-refractivity contribution in [3.8, 4) is 0 Å². The molecule has 134 valence electrons. The zero-order chi connectivity index (χ0) is 17.6. The molecule has 1 amide bonds. The Labute approximate surface area is 151 Å². The molecule has 1 aliphatic carbocycles. The summed E-state index contributed by atoms with van der Waals surface area (Å²) in [6, 6.07) is 5.73. The number of hydrogen-bond acceptors (Lipinski definition) is 4. The number of benzene rings is 1. The van der Waals surface area contributed by atoms with Crippen LogP contribution < -0.4 is 5.32 Å². The number of anilines is 1. The highest BCUT2D eigenvalue weighted by atomic mass is 32.2. The van der Waals surface area contributed by atoms with Gasteiger partial charge in [-0.1, -0.05) is 43.9 Å². The van der Waals surface area contributed by atoms with Gasteiger partial charge in [0.2, 0.25) is 5.91 Å². The first-order valence-electron chi connectivity index (χ1n) is 8.68. The minimum absolute atomic E-state index is 0.145. The smallest absolute Gasteiger partial charge is 0.234 e. The Morgan fingerprint density at radius 3 is 2.68 bits per heavy atom. The summed E-state index contributed by atoms with van der Waals surface area (Å²) in [5.41, 5.74) is 0.586. The lowest BCUT2D eigenvalue weighted by atomic mass is 9.87. The topological polar surface area (TPSA) is 59.8 Å². The van der Waals surface area contributed by atoms with Crippen molar-refractivity contribution in [2.24, 2.45) is 13.0 Å². The van der Waals surface area contributed by atoms with Crippen molar-refractivity contribution in [1.29, 1.82) is 0 Å². The molecule has 0 spiro atoms. The molecule has 1 aliphatic rings. The van der Waals surface area contributed by atoms with Crippen LogP contribution in [0.2, 0.25) is 0 Å². The van der Waals surface area contributed by atoms with Crippen LogP contribution in [0, 0.1) is 11.7 Å². The molecular formula is C18H23FN4OS. The molecule has 0 unspecified atom stereocenters. The van der Waals surface area contributed by atoms with Crippen molar-refractivity contribution in [3.63, 3.8) is 0 Å². The van der Waals surface area contributed by atoms with Gasteiger partial charge in [-0.15, -0.1) is 10.2 Å². The summed E-state index contributed by atoms with van der Waals surface area (Å²) in [7, 11) is 1.96. The molecule has 0 bridgehead atoms. The molecule has 0 aliphatic heterocycles. The standard InChI is InChI=1S/C18H23FN4OS/c1-23-16(11-13-5-3-2-4-6-13)21-22-18(23)25-12-17(24)20-15-9-7-14(19)8-10-15/h7-10,13H,2-6,11-12H2,1H3,(H,20,24). The highest BCUT2D eigenvalue weighted by molar-refractivity contribution is 7.99. The summed E-state index contributed by atoms with van der Waals surface area (Å²) in [5.74, 6) is 1.47. The molecule has 7 heteroatoms. The maximum absolute atomic E-state index is 12.9. The quantitative estimate of drug-likeness (QED) is 0.794. The molecule has 0 atom stereocenters. The lowest BCUT2D eigenvalue weighted by Crippen LogP contribution is -2.15. The number of nitrogens with zero attached hydrogens (tertiary/aromatic N) is 3. The van der Waals surface area contributed by atoms with Crippen molar-refractivity contribution in [2.75, 3.05) is 11.1 Å². The summed E-state index contributed by atoms with van der Waals surface area (Å²) in [6.07, 6.45) is 7.48. The number of carbonyl (C=O) groups excluding carboxylic acids is 1. The Morgan fingerprint density at radius 2 is 1.96 bits per heavy atom. The monoisotopic (exact) mass is 362 g/mol. The Hall–Kier alpha value is -1.89. The maximum atomic E-state index is 12.9. The normalized spacial score (nSPS) is 15.3. The van der Waals surface area contributed by atoms with Crippen LogP contribution in [0.25, 0.3) is 0 Å². The van der Waals surface area contributed by atoms with Gasteiger partial charge in [0.1, 0.15) is 11.6 Å². The molecule has 25 heavy (non-hydrogen) atoms. The average molecular weight is 362 g/mol. The van der Waals surface area contributed by atoms with E-state index >= 15 is 0 Å². The zero-order valence-corrected chi connectivity index (χ0v) is 15.2. The molecule has 1 aromatic heterocycles. The summed E-state index contributed by atoms with van der Waals surface area (Å²) in [4.78, 5) is 12.0. The van der Waals surface area contributed by atoms with E-state index in [2.05, 4.69) is 15.5 Å². The molecule has 1 N–H and O–H groups in total. The van der Waals surface area contributed by atoms with Crippen molar-refractivity contribution in [1.82, 2.24) is 14.8 Å². The minimum Gasteiger partial charge on any atom is -0.325 e. The third kappa shape index (κ3) is 5.04. The molecule has 1 aromatic carbocycles. The third-order valence-corrected chi connectivity index (χ3v) is 5.60. The predicted octanol–water partition coefficient (Wildman–Crippen LogP) is 3.81. The Balaban J connectivity index is 1.50. The lowest BCUT2D eigenvalue weighted by molar-refractivity contribution is -0.113. The summed E-state index contributed by atoms with van der Waals surface area (Å²) < 4.78 is 14.9. The molecule has 3 rings (SSSR count). The van der Waals surface area contributed by atoms with Gasteiger partial charge >= 0.3 is 0 Å². The second-order valence-corrected chi connectivity index (χ2v) is 7.45. The van der Waals surface area contributed by atoms with Gasteiger partial charge in [0.15, 0.2) is 5.16 Å². The van der Waals surface area contributed by atoms with E-state index in [4.69, 9.17) is 0 Å². The first-order chi connectivity index (χ1) is 12.1. The van der Waals surface area contributed by atoms with Gasteiger partial charge < -0.3 is 9.88 Å². The number of amides is 1. The van der Waals surface area contributed by atoms with Crippen molar-refractivity contribution in [3.05, 3.63) is 35.9 Å². The molecule has 0 saturated heterocycles. The first-order valence-corrected chi connectivity index (χ1v) is 9.67. The molecule has 2 aromatic rings. The lowest BCUT2D eigenvalue weighted by Gasteiger charge is -2.20. The van der Waals surface area contributed by atoms with Crippen LogP contribution in [0.1, 0.15) is 37.9 Å². The molecule has 1 fully saturated rings. The third-order valence-electron chi connectivity index (χ3n) is 4.58. The number of thioether (sulfide) groups is 1. The van der Waals surface area contributed by atoms with E-state index in [1.54, 1.807) is 12.1 Å². The number of nitrogens with one attached hydrogen (secondary N) is 1. The van der Waals surface area contributed by atoms with Gasteiger partial charge in [-0.05, 0) is 30.2 Å². The fourth-order valence-corrected chi connectivity index (χ4v) is 3.89. The molecule has 0 radical (unpaired) electrons. The fourth-order valence-electron chi connectivity index (χ4n) is 3.16. The zero-order valence-electron chi connectivity index (χ0n) is 14.4. The number of aromatic nitrogens is 3. The van der Waals surface area contributed by atoms with E-state index < -0.39 is 0 Å². The second-order valence-electron chi connectivity index (χ2n) is 6.51. The number of carbonyl (C=O) groups is 1. The number of rotatable bonds is 6. The highest BCUT2D eigenvalue weighted by Gasteiger charge is 2.18. The van der Waals surface area contributed by atoms with Crippen LogP contribution in [0.4, 0.5) is 10.1 Å². The van der Waals surface area contributed by atoms with Gasteiger partial charge in [0.05, 0.1) is 5.75 Å². The van der Waals surface area contributed by atoms with Gasteiger partial charge in [-0.2, -0.15) is 0 Å². The number of halogens is 1. The SMILES string of the molecule is Cn1c(CC2CCCCC2)nnc1SCC(=O)Nc1ccc(F)cc1. The van der Waals surface area contributed by atoms with Gasteiger partial charge in [-0.25, -0.2) is 4.39 Å². The Bertz CT molecular complexity index is 710. The van der Waals surface area contributed by atoms with E-state index in [0.717, 1.165) is 17.4 Å². The molecular weight excluding hydrogens is 339 g/mol. The fraction of sp³-hybridized carbons (Fsp3) is 0.500. The molecule has 5 nitrogen and oxygen atoms in total. The summed E-state index contributed by atoms with van der Waals surface area (Å²) >= 11 is 1.36. The highest BCUT2D eigenvalue weighted by Crippen LogP contribution is 2.27. The number of hydrogen-bond donors (Lipinski definition) is 1. The van der Waals surface area contributed by atoms with E-state index in [9.17, 15) is 9.18 Å². The van der Waals surface area contributed by atoms with Crippen molar-refractivity contribution >= 4 is 23.4 Å². The molecule has 1 saturated carbocycles. The van der Waals surface area contributed by atoms with Crippen molar-refractivity contribution in [2.45, 2.75) is 43.7 Å². The average Bonchev–Trinajstić information content (AvgIpc) is 2.96. The van der Waals surface area contributed by atoms with Crippen LogP contribution in [-0.4, -0.2) is 26.4 Å². The van der Waals surface area contributed by atoms with Gasteiger partial charge in [-0.3, -0.25) is 4.79 Å². The van der Waals surface area contributed by atoms with E-state index in [-0.39, 0.29) is 17.5 Å². The minimum atomic E-state index is -0.322. The second kappa shape index (κ2) is 8.47. The molecule has 1 heterocycles. The van der Waals surface area contributed by atoms with E-state index in [0.29, 0.717) is 11.6 Å².